The van der Waals surface area contributed by atoms with E-state index in [1.54, 1.807) is 0 Å². The fourth-order valence-corrected chi connectivity index (χ4v) is 5.63. The van der Waals surface area contributed by atoms with Gasteiger partial charge in [-0.15, -0.1) is 0 Å². The quantitative estimate of drug-likeness (QED) is 0.836. The van der Waals surface area contributed by atoms with Crippen LogP contribution in [0.3, 0.4) is 0 Å². The molecule has 128 valence electrons. The zero-order valence-electron chi connectivity index (χ0n) is 12.5. The van der Waals surface area contributed by atoms with Crippen LogP contribution in [0.4, 0.5) is 13.2 Å². The van der Waals surface area contributed by atoms with Gasteiger partial charge in [0.15, 0.2) is 9.84 Å². The molecule has 0 aliphatic carbocycles. The molecule has 0 bridgehead atoms. The van der Waals surface area contributed by atoms with Crippen LogP contribution < -0.4 is 4.74 Å². The number of sulfone groups is 1. The van der Waals surface area contributed by atoms with E-state index in [0.717, 1.165) is 31.6 Å². The Morgan fingerprint density at radius 2 is 1.83 bits per heavy atom. The topological polar surface area (TPSA) is 46.6 Å². The van der Waals surface area contributed by atoms with E-state index in [2.05, 4.69) is 4.90 Å². The predicted octanol–water partition coefficient (Wildman–Crippen LogP) is 2.20. The van der Waals surface area contributed by atoms with Gasteiger partial charge in [-0.1, -0.05) is 0 Å². The van der Waals surface area contributed by atoms with E-state index in [1.165, 1.54) is 12.1 Å². The number of nitrogens with zero attached hydrogens (tertiary/aromatic N) is 1. The standard InChI is InChI=1S/C15H18F3NO3S/c16-15(17,18)12-1-3-13(4-2-12)22-8-7-19-6-5-14(9-19)10-23(20,21)11-14/h1-4H,5-11H2. The third-order valence-corrected chi connectivity index (χ3v) is 6.53. The summed E-state index contributed by atoms with van der Waals surface area (Å²) in [5, 5.41) is 0. The highest BCUT2D eigenvalue weighted by Crippen LogP contribution is 2.41. The average Bonchev–Trinajstić information content (AvgIpc) is 2.80. The van der Waals surface area contributed by atoms with Crippen LogP contribution in [0.1, 0.15) is 12.0 Å². The maximum atomic E-state index is 12.5. The fourth-order valence-electron chi connectivity index (χ4n) is 3.38. The second-order valence-corrected chi connectivity index (χ2v) is 8.49. The Morgan fingerprint density at radius 1 is 1.17 bits per heavy atom. The van der Waals surface area contributed by atoms with Gasteiger partial charge in [-0.2, -0.15) is 13.2 Å². The molecule has 4 nitrogen and oxygen atoms in total. The highest BCUT2D eigenvalue weighted by molar-refractivity contribution is 7.92. The lowest BCUT2D eigenvalue weighted by Crippen LogP contribution is -2.50. The maximum Gasteiger partial charge on any atom is 0.416 e. The molecule has 0 saturated carbocycles. The molecule has 2 saturated heterocycles. The van der Waals surface area contributed by atoms with Crippen LogP contribution in [0.2, 0.25) is 0 Å². The number of benzene rings is 1. The molecule has 0 unspecified atom stereocenters. The number of ether oxygens (including phenoxy) is 1. The van der Waals surface area contributed by atoms with Crippen molar-refractivity contribution in [3.05, 3.63) is 29.8 Å². The van der Waals surface area contributed by atoms with E-state index >= 15 is 0 Å². The SMILES string of the molecule is O=S1(=O)CC2(CCN(CCOc3ccc(C(F)(F)F)cc3)C2)C1. The first-order chi connectivity index (χ1) is 10.7. The van der Waals surface area contributed by atoms with Crippen molar-refractivity contribution in [3.8, 4) is 5.75 Å². The summed E-state index contributed by atoms with van der Waals surface area (Å²) in [5.41, 5.74) is -0.773. The monoisotopic (exact) mass is 349 g/mol. The Hall–Kier alpha value is -1.28. The van der Waals surface area contributed by atoms with E-state index in [0.29, 0.717) is 18.9 Å². The first-order valence-electron chi connectivity index (χ1n) is 7.40. The van der Waals surface area contributed by atoms with Gasteiger partial charge >= 0.3 is 6.18 Å². The van der Waals surface area contributed by atoms with Gasteiger partial charge in [0.05, 0.1) is 17.1 Å². The number of likely N-dealkylation sites (tertiary alicyclic amines) is 1. The lowest BCUT2D eigenvalue weighted by molar-refractivity contribution is -0.137. The third-order valence-electron chi connectivity index (χ3n) is 4.43. The number of halogens is 3. The minimum atomic E-state index is -4.34. The van der Waals surface area contributed by atoms with Crippen molar-refractivity contribution >= 4 is 9.84 Å². The van der Waals surface area contributed by atoms with Crippen molar-refractivity contribution < 1.29 is 26.3 Å². The smallest absolute Gasteiger partial charge is 0.416 e. The summed E-state index contributed by atoms with van der Waals surface area (Å²) in [7, 11) is -2.83. The molecule has 2 aliphatic heterocycles. The summed E-state index contributed by atoms with van der Waals surface area (Å²) in [4.78, 5) is 2.15. The molecular weight excluding hydrogens is 331 g/mol. The Kier molecular flexibility index (Phi) is 4.08. The van der Waals surface area contributed by atoms with Crippen molar-refractivity contribution in [3.63, 3.8) is 0 Å². The lowest BCUT2D eigenvalue weighted by Gasteiger charge is -2.37. The number of hydrogen-bond acceptors (Lipinski definition) is 4. The molecule has 2 fully saturated rings. The van der Waals surface area contributed by atoms with Crippen LogP contribution in [0.15, 0.2) is 24.3 Å². The summed E-state index contributed by atoms with van der Waals surface area (Å²) in [6.45, 7) is 2.60. The van der Waals surface area contributed by atoms with Crippen LogP contribution >= 0.6 is 0 Å². The molecule has 0 amide bonds. The van der Waals surface area contributed by atoms with Gasteiger partial charge in [0.25, 0.3) is 0 Å². The molecular formula is C15H18F3NO3S. The lowest BCUT2D eigenvalue weighted by atomic mass is 9.91. The molecule has 2 aliphatic rings. The summed E-state index contributed by atoms with van der Waals surface area (Å²) in [6.07, 6.45) is -3.46. The number of rotatable bonds is 4. The number of alkyl halides is 3. The second kappa shape index (κ2) is 5.66. The highest BCUT2D eigenvalue weighted by Gasteiger charge is 2.51. The Balaban J connectivity index is 1.44. The minimum Gasteiger partial charge on any atom is -0.492 e. The Labute approximate surface area is 133 Å². The van der Waals surface area contributed by atoms with Crippen molar-refractivity contribution in [1.29, 1.82) is 0 Å². The average molecular weight is 349 g/mol. The summed E-state index contributed by atoms with van der Waals surface area (Å²) < 4.78 is 65.5. The molecule has 2 heterocycles. The molecule has 0 radical (unpaired) electrons. The number of hydrogen-bond donors (Lipinski definition) is 0. The zero-order chi connectivity index (χ0) is 16.7. The van der Waals surface area contributed by atoms with Gasteiger partial charge in [-0.3, -0.25) is 4.90 Å². The first kappa shape index (κ1) is 16.6. The van der Waals surface area contributed by atoms with E-state index < -0.39 is 21.6 Å². The second-order valence-electron chi connectivity index (χ2n) is 6.43. The molecule has 1 spiro atoms. The summed E-state index contributed by atoms with van der Waals surface area (Å²) >= 11 is 0. The van der Waals surface area contributed by atoms with Crippen molar-refractivity contribution in [2.45, 2.75) is 12.6 Å². The molecule has 0 N–H and O–H groups in total. The highest BCUT2D eigenvalue weighted by atomic mass is 32.2. The maximum absolute atomic E-state index is 12.5. The normalized spacial score (nSPS) is 22.9. The van der Waals surface area contributed by atoms with Crippen LogP contribution in [0, 0.1) is 5.41 Å². The first-order valence-corrected chi connectivity index (χ1v) is 9.23. The van der Waals surface area contributed by atoms with Crippen LogP contribution in [0.5, 0.6) is 5.75 Å². The largest absolute Gasteiger partial charge is 0.492 e. The van der Waals surface area contributed by atoms with E-state index in [1.807, 2.05) is 0 Å². The van der Waals surface area contributed by atoms with Gasteiger partial charge in [0.2, 0.25) is 0 Å². The van der Waals surface area contributed by atoms with Gasteiger partial charge in [0, 0.05) is 18.5 Å². The van der Waals surface area contributed by atoms with Gasteiger partial charge in [-0.25, -0.2) is 8.42 Å². The molecule has 23 heavy (non-hydrogen) atoms. The van der Waals surface area contributed by atoms with Gasteiger partial charge < -0.3 is 4.74 Å². The van der Waals surface area contributed by atoms with Gasteiger partial charge in [-0.05, 0) is 37.2 Å². The zero-order valence-corrected chi connectivity index (χ0v) is 13.3. The fraction of sp³-hybridized carbons (Fsp3) is 0.600. The molecule has 8 heteroatoms. The summed E-state index contributed by atoms with van der Waals surface area (Å²) in [6, 6.07) is 4.62. The van der Waals surface area contributed by atoms with Crippen molar-refractivity contribution in [2.24, 2.45) is 5.41 Å². The predicted molar refractivity (Wildman–Crippen MR) is 79.1 cm³/mol. The van der Waals surface area contributed by atoms with Crippen molar-refractivity contribution in [1.82, 2.24) is 4.90 Å². The summed E-state index contributed by atoms with van der Waals surface area (Å²) in [5.74, 6) is 0.949. The van der Waals surface area contributed by atoms with Crippen LogP contribution in [-0.4, -0.2) is 51.1 Å². The minimum absolute atomic E-state index is 0.0762. The van der Waals surface area contributed by atoms with Crippen molar-refractivity contribution in [2.75, 3.05) is 37.7 Å². The third kappa shape index (κ3) is 3.80. The molecule has 0 aromatic heterocycles. The molecule has 1 aromatic carbocycles. The Bertz CT molecular complexity index is 658. The van der Waals surface area contributed by atoms with Crippen LogP contribution in [0.25, 0.3) is 0 Å². The van der Waals surface area contributed by atoms with E-state index in [4.69, 9.17) is 4.74 Å². The Morgan fingerprint density at radius 3 is 2.39 bits per heavy atom. The molecule has 0 atom stereocenters. The van der Waals surface area contributed by atoms with E-state index in [9.17, 15) is 21.6 Å². The molecule has 3 rings (SSSR count). The van der Waals surface area contributed by atoms with Gasteiger partial charge in [0.1, 0.15) is 12.4 Å². The molecule has 1 aromatic rings. The van der Waals surface area contributed by atoms with E-state index in [-0.39, 0.29) is 16.9 Å². The van der Waals surface area contributed by atoms with Crippen LogP contribution in [-0.2, 0) is 16.0 Å².